The van der Waals surface area contributed by atoms with Gasteiger partial charge in [0.2, 0.25) is 0 Å². The van der Waals surface area contributed by atoms with Crippen LogP contribution in [0.4, 0.5) is 5.69 Å². The molecule has 116 valence electrons. The Hall–Kier alpha value is -1.96. The number of nitrogens with zero attached hydrogens (tertiary/aromatic N) is 1. The standard InChI is InChI=1S/C20H25NO/c1-3-4-7-14-21-19-9-6-5-8-16(19)15-20(21,2)17-10-12-18(22)13-11-17/h5-6,8-13,22H,3-4,7,14-15H2,1-2H3. The number of hydrogen-bond donors (Lipinski definition) is 1. The molecule has 2 aromatic rings. The summed E-state index contributed by atoms with van der Waals surface area (Å²) < 4.78 is 0. The lowest BCUT2D eigenvalue weighted by molar-refractivity contribution is 0.450. The summed E-state index contributed by atoms with van der Waals surface area (Å²) in [5.41, 5.74) is 4.05. The van der Waals surface area contributed by atoms with Crippen LogP contribution >= 0.6 is 0 Å². The van der Waals surface area contributed by atoms with Crippen molar-refractivity contribution in [2.75, 3.05) is 11.4 Å². The van der Waals surface area contributed by atoms with Crippen molar-refractivity contribution >= 4 is 5.69 Å². The van der Waals surface area contributed by atoms with Crippen molar-refractivity contribution in [2.45, 2.75) is 45.1 Å². The van der Waals surface area contributed by atoms with Gasteiger partial charge in [0, 0.05) is 18.7 Å². The zero-order valence-electron chi connectivity index (χ0n) is 13.5. The first-order valence-electron chi connectivity index (χ1n) is 8.30. The van der Waals surface area contributed by atoms with E-state index in [-0.39, 0.29) is 5.54 Å². The Bertz CT molecular complexity index is 634. The van der Waals surface area contributed by atoms with Crippen molar-refractivity contribution in [3.63, 3.8) is 0 Å². The molecule has 1 aliphatic heterocycles. The van der Waals surface area contributed by atoms with Gasteiger partial charge in [-0.3, -0.25) is 0 Å². The third kappa shape index (κ3) is 2.58. The highest BCUT2D eigenvalue weighted by molar-refractivity contribution is 5.63. The lowest BCUT2D eigenvalue weighted by Gasteiger charge is -2.38. The molecule has 0 spiro atoms. The molecule has 2 heteroatoms. The van der Waals surface area contributed by atoms with Crippen molar-refractivity contribution in [3.05, 3.63) is 59.7 Å². The van der Waals surface area contributed by atoms with Crippen LogP contribution in [0.5, 0.6) is 5.75 Å². The van der Waals surface area contributed by atoms with Gasteiger partial charge in [-0.15, -0.1) is 0 Å². The summed E-state index contributed by atoms with van der Waals surface area (Å²) >= 11 is 0. The molecule has 3 rings (SSSR count). The smallest absolute Gasteiger partial charge is 0.115 e. The monoisotopic (exact) mass is 295 g/mol. The van der Waals surface area contributed by atoms with Crippen LogP contribution in [0.3, 0.4) is 0 Å². The average molecular weight is 295 g/mol. The van der Waals surface area contributed by atoms with E-state index in [9.17, 15) is 5.11 Å². The second kappa shape index (κ2) is 6.04. The van der Waals surface area contributed by atoms with Crippen LogP contribution in [0.25, 0.3) is 0 Å². The van der Waals surface area contributed by atoms with E-state index in [1.54, 1.807) is 12.1 Å². The van der Waals surface area contributed by atoms with Crippen LogP contribution in [0.15, 0.2) is 48.5 Å². The third-order valence-electron chi connectivity index (χ3n) is 4.89. The van der Waals surface area contributed by atoms with Crippen molar-refractivity contribution in [2.24, 2.45) is 0 Å². The first-order valence-corrected chi connectivity index (χ1v) is 8.30. The second-order valence-electron chi connectivity index (χ2n) is 6.48. The molecule has 1 heterocycles. The molecule has 0 amide bonds. The molecule has 1 N–H and O–H groups in total. The SMILES string of the molecule is CCCCCN1c2ccccc2CC1(C)c1ccc(O)cc1. The number of aromatic hydroxyl groups is 1. The fraction of sp³-hybridized carbons (Fsp3) is 0.400. The highest BCUT2D eigenvalue weighted by Gasteiger charge is 2.40. The van der Waals surface area contributed by atoms with Crippen LogP contribution in [-0.4, -0.2) is 11.7 Å². The Morgan fingerprint density at radius 2 is 1.77 bits per heavy atom. The fourth-order valence-electron chi connectivity index (χ4n) is 3.62. The third-order valence-corrected chi connectivity index (χ3v) is 4.89. The quantitative estimate of drug-likeness (QED) is 0.796. The number of fused-ring (bicyclic) bond motifs is 1. The summed E-state index contributed by atoms with van der Waals surface area (Å²) in [6.45, 7) is 5.66. The number of benzene rings is 2. The van der Waals surface area contributed by atoms with E-state index in [2.05, 4.69) is 55.1 Å². The van der Waals surface area contributed by atoms with Crippen molar-refractivity contribution in [1.82, 2.24) is 0 Å². The Morgan fingerprint density at radius 3 is 2.50 bits per heavy atom. The van der Waals surface area contributed by atoms with E-state index in [0.29, 0.717) is 5.75 Å². The minimum absolute atomic E-state index is 0.0227. The highest BCUT2D eigenvalue weighted by Crippen LogP contribution is 2.45. The highest BCUT2D eigenvalue weighted by atomic mass is 16.3. The van der Waals surface area contributed by atoms with Crippen LogP contribution < -0.4 is 4.90 Å². The number of phenolic OH excluding ortho intramolecular Hbond substituents is 1. The van der Waals surface area contributed by atoms with Gasteiger partial charge >= 0.3 is 0 Å². The number of unbranched alkanes of at least 4 members (excludes halogenated alkanes) is 2. The maximum absolute atomic E-state index is 9.58. The van der Waals surface area contributed by atoms with Gasteiger partial charge in [0.25, 0.3) is 0 Å². The number of hydrogen-bond acceptors (Lipinski definition) is 2. The Balaban J connectivity index is 1.96. The molecular weight excluding hydrogens is 270 g/mol. The lowest BCUT2D eigenvalue weighted by Crippen LogP contribution is -2.42. The molecule has 0 aromatic heterocycles. The van der Waals surface area contributed by atoms with Crippen molar-refractivity contribution < 1.29 is 5.11 Å². The molecule has 0 fully saturated rings. The van der Waals surface area contributed by atoms with Gasteiger partial charge in [0.15, 0.2) is 0 Å². The van der Waals surface area contributed by atoms with Gasteiger partial charge in [0.05, 0.1) is 5.54 Å². The van der Waals surface area contributed by atoms with Crippen LogP contribution in [0.2, 0.25) is 0 Å². The zero-order chi connectivity index (χ0) is 15.6. The van der Waals surface area contributed by atoms with Crippen LogP contribution in [0, 0.1) is 0 Å². The van der Waals surface area contributed by atoms with E-state index in [4.69, 9.17) is 0 Å². The van der Waals surface area contributed by atoms with Gasteiger partial charge in [-0.05, 0) is 42.7 Å². The predicted molar refractivity (Wildman–Crippen MR) is 92.5 cm³/mol. The van der Waals surface area contributed by atoms with E-state index in [1.807, 2.05) is 0 Å². The summed E-state index contributed by atoms with van der Waals surface area (Å²) in [5.74, 6) is 0.334. The number of rotatable bonds is 5. The molecule has 0 saturated heterocycles. The summed E-state index contributed by atoms with van der Waals surface area (Å²) in [7, 11) is 0. The van der Waals surface area contributed by atoms with Crippen LogP contribution in [-0.2, 0) is 12.0 Å². The summed E-state index contributed by atoms with van der Waals surface area (Å²) in [5, 5.41) is 9.58. The molecule has 22 heavy (non-hydrogen) atoms. The first-order chi connectivity index (χ1) is 10.6. The fourth-order valence-corrected chi connectivity index (χ4v) is 3.62. The Labute approximate surface area is 133 Å². The number of para-hydroxylation sites is 1. The molecule has 1 aliphatic rings. The topological polar surface area (TPSA) is 23.5 Å². The summed E-state index contributed by atoms with van der Waals surface area (Å²) in [6, 6.07) is 16.5. The maximum atomic E-state index is 9.58. The molecule has 1 unspecified atom stereocenters. The molecule has 0 aliphatic carbocycles. The van der Waals surface area contributed by atoms with Crippen LogP contribution in [0.1, 0.15) is 44.2 Å². The van der Waals surface area contributed by atoms with Gasteiger partial charge in [0.1, 0.15) is 5.75 Å². The van der Waals surface area contributed by atoms with E-state index in [0.717, 1.165) is 13.0 Å². The average Bonchev–Trinajstić information content (AvgIpc) is 2.81. The summed E-state index contributed by atoms with van der Waals surface area (Å²) in [6.07, 6.45) is 4.76. The molecule has 0 saturated carbocycles. The minimum Gasteiger partial charge on any atom is -0.508 e. The molecule has 0 bridgehead atoms. The Kier molecular flexibility index (Phi) is 4.10. The van der Waals surface area contributed by atoms with Gasteiger partial charge in [-0.25, -0.2) is 0 Å². The minimum atomic E-state index is -0.0227. The zero-order valence-corrected chi connectivity index (χ0v) is 13.5. The summed E-state index contributed by atoms with van der Waals surface area (Å²) in [4.78, 5) is 2.56. The van der Waals surface area contributed by atoms with E-state index >= 15 is 0 Å². The van der Waals surface area contributed by atoms with Crippen molar-refractivity contribution in [1.29, 1.82) is 0 Å². The molecule has 1 atom stereocenters. The Morgan fingerprint density at radius 1 is 1.05 bits per heavy atom. The number of phenols is 1. The first kappa shape index (κ1) is 15.0. The normalized spacial score (nSPS) is 20.2. The molecule has 2 nitrogen and oxygen atoms in total. The predicted octanol–water partition coefficient (Wildman–Crippen LogP) is 4.86. The maximum Gasteiger partial charge on any atom is 0.115 e. The van der Waals surface area contributed by atoms with Gasteiger partial charge in [-0.1, -0.05) is 50.1 Å². The van der Waals surface area contributed by atoms with E-state index < -0.39 is 0 Å². The second-order valence-corrected chi connectivity index (χ2v) is 6.48. The molecule has 0 radical (unpaired) electrons. The molecule has 2 aromatic carbocycles. The van der Waals surface area contributed by atoms with Gasteiger partial charge in [-0.2, -0.15) is 0 Å². The van der Waals surface area contributed by atoms with E-state index in [1.165, 1.54) is 36.1 Å². The van der Waals surface area contributed by atoms with Gasteiger partial charge < -0.3 is 10.0 Å². The lowest BCUT2D eigenvalue weighted by atomic mass is 9.87. The molecular formula is C20H25NO. The number of anilines is 1. The largest absolute Gasteiger partial charge is 0.508 e. The van der Waals surface area contributed by atoms with Crippen molar-refractivity contribution in [3.8, 4) is 5.75 Å².